The molecule has 0 unspecified atom stereocenters. The molecule has 0 N–H and O–H groups in total. The van der Waals surface area contributed by atoms with Crippen molar-refractivity contribution in [2.24, 2.45) is 5.41 Å². The fraction of sp³-hybridized carbons (Fsp3) is 0.370. The van der Waals surface area contributed by atoms with Gasteiger partial charge in [-0.2, -0.15) is 0 Å². The van der Waals surface area contributed by atoms with E-state index in [0.717, 1.165) is 27.5 Å². The molecule has 0 amide bonds. The lowest BCUT2D eigenvalue weighted by molar-refractivity contribution is 0.00578. The third-order valence-corrected chi connectivity index (χ3v) is 6.54. The van der Waals surface area contributed by atoms with Gasteiger partial charge in [-0.25, -0.2) is 0 Å². The van der Waals surface area contributed by atoms with Crippen molar-refractivity contribution in [3.05, 3.63) is 65.9 Å². The monoisotopic (exact) mass is 429 g/mol. The standard InChI is InChI=1S/C27H32BNO3/c1-25(2,3)24(30)29-18-17-21-20(14-13-19-11-9-8-10-12-19)15-16-22(23(21)29)28-31-26(4,5)27(6,7)32-28/h8-18H,1-7H3. The average molecular weight is 429 g/mol. The van der Waals surface area contributed by atoms with Crippen LogP contribution in [0.5, 0.6) is 0 Å². The van der Waals surface area contributed by atoms with Gasteiger partial charge in [-0.15, -0.1) is 0 Å². The molecule has 5 heteroatoms. The molecule has 32 heavy (non-hydrogen) atoms. The van der Waals surface area contributed by atoms with Crippen LogP contribution in [0.15, 0.2) is 54.7 Å². The number of carbonyl (C=O) groups excluding carboxylic acids is 1. The fourth-order valence-electron chi connectivity index (χ4n) is 3.89. The van der Waals surface area contributed by atoms with Gasteiger partial charge in [0.1, 0.15) is 0 Å². The topological polar surface area (TPSA) is 40.5 Å². The molecule has 0 spiro atoms. The van der Waals surface area contributed by atoms with E-state index in [4.69, 9.17) is 9.31 Å². The summed E-state index contributed by atoms with van der Waals surface area (Å²) in [6.45, 7) is 14.0. The number of hydrogen-bond acceptors (Lipinski definition) is 3. The molecular formula is C27H32BNO3. The Morgan fingerprint density at radius 3 is 2.12 bits per heavy atom. The Balaban J connectivity index is 1.87. The quantitative estimate of drug-likeness (QED) is 0.391. The maximum Gasteiger partial charge on any atom is 0.497 e. The van der Waals surface area contributed by atoms with E-state index in [1.165, 1.54) is 0 Å². The van der Waals surface area contributed by atoms with Gasteiger partial charge < -0.3 is 9.31 Å². The molecule has 2 heterocycles. The number of benzene rings is 2. The van der Waals surface area contributed by atoms with Crippen molar-refractivity contribution in [1.82, 2.24) is 4.57 Å². The maximum atomic E-state index is 13.3. The predicted octanol–water partition coefficient (Wildman–Crippen LogP) is 5.80. The number of carbonyl (C=O) groups is 1. The summed E-state index contributed by atoms with van der Waals surface area (Å²) in [5, 5.41) is 1.00. The highest BCUT2D eigenvalue weighted by Crippen LogP contribution is 2.37. The van der Waals surface area contributed by atoms with Gasteiger partial charge in [0.25, 0.3) is 0 Å². The summed E-state index contributed by atoms with van der Waals surface area (Å²) in [5.41, 5.74) is 2.46. The zero-order chi connectivity index (χ0) is 23.3. The molecule has 0 atom stereocenters. The van der Waals surface area contributed by atoms with E-state index in [9.17, 15) is 4.79 Å². The van der Waals surface area contributed by atoms with Crippen molar-refractivity contribution in [2.45, 2.75) is 59.7 Å². The van der Waals surface area contributed by atoms with Crippen molar-refractivity contribution in [3.8, 4) is 0 Å². The summed E-state index contributed by atoms with van der Waals surface area (Å²) in [7, 11) is -0.545. The lowest BCUT2D eigenvalue weighted by atomic mass is 9.77. The molecule has 3 aromatic rings. The number of hydrogen-bond donors (Lipinski definition) is 0. The van der Waals surface area contributed by atoms with Crippen LogP contribution < -0.4 is 5.46 Å². The SMILES string of the molecule is CC(C)(C)C(=O)n1ccc2c(C=Cc3ccccc3)ccc(B3OC(C)(C)C(C)(C)O3)c21. The Hall–Kier alpha value is -2.63. The predicted molar refractivity (Wildman–Crippen MR) is 133 cm³/mol. The van der Waals surface area contributed by atoms with Crippen LogP contribution in [0.1, 0.15) is 64.4 Å². The summed E-state index contributed by atoms with van der Waals surface area (Å²) in [6, 6.07) is 16.3. The maximum absolute atomic E-state index is 13.3. The minimum Gasteiger partial charge on any atom is -0.399 e. The largest absolute Gasteiger partial charge is 0.497 e. The van der Waals surface area contributed by atoms with Crippen LogP contribution in [0, 0.1) is 5.41 Å². The Morgan fingerprint density at radius 1 is 0.906 bits per heavy atom. The van der Waals surface area contributed by atoms with Gasteiger partial charge in [-0.3, -0.25) is 9.36 Å². The van der Waals surface area contributed by atoms with Crippen molar-refractivity contribution in [2.75, 3.05) is 0 Å². The number of fused-ring (bicyclic) bond motifs is 1. The van der Waals surface area contributed by atoms with Crippen LogP contribution in [-0.4, -0.2) is 28.8 Å². The van der Waals surface area contributed by atoms with Crippen LogP contribution in [0.3, 0.4) is 0 Å². The summed E-state index contributed by atoms with van der Waals surface area (Å²) in [5.74, 6) is 0.0365. The Bertz CT molecular complexity index is 1170. The summed E-state index contributed by atoms with van der Waals surface area (Å²) in [6.07, 6.45) is 6.05. The molecule has 2 aromatic carbocycles. The van der Waals surface area contributed by atoms with Gasteiger partial charge in [0.05, 0.1) is 16.7 Å². The summed E-state index contributed by atoms with van der Waals surface area (Å²) >= 11 is 0. The molecule has 166 valence electrons. The second kappa shape index (κ2) is 7.75. The lowest BCUT2D eigenvalue weighted by Gasteiger charge is -2.32. The van der Waals surface area contributed by atoms with E-state index < -0.39 is 23.7 Å². The zero-order valence-electron chi connectivity index (χ0n) is 20.1. The minimum absolute atomic E-state index is 0.0365. The van der Waals surface area contributed by atoms with Gasteiger partial charge in [0.15, 0.2) is 0 Å². The first-order valence-corrected chi connectivity index (χ1v) is 11.2. The molecule has 0 bridgehead atoms. The molecule has 1 saturated heterocycles. The normalized spacial score (nSPS) is 18.0. The number of rotatable bonds is 3. The first-order valence-electron chi connectivity index (χ1n) is 11.2. The molecular weight excluding hydrogens is 397 g/mol. The molecule has 0 saturated carbocycles. The summed E-state index contributed by atoms with van der Waals surface area (Å²) in [4.78, 5) is 13.3. The van der Waals surface area contributed by atoms with Crippen molar-refractivity contribution >= 4 is 41.5 Å². The van der Waals surface area contributed by atoms with Crippen LogP contribution in [0.25, 0.3) is 23.1 Å². The first kappa shape index (κ1) is 22.6. The highest BCUT2D eigenvalue weighted by atomic mass is 16.7. The molecule has 4 nitrogen and oxygen atoms in total. The van der Waals surface area contributed by atoms with Gasteiger partial charge in [0.2, 0.25) is 5.91 Å². The third-order valence-electron chi connectivity index (χ3n) is 6.54. The Labute approximate surface area is 191 Å². The van der Waals surface area contributed by atoms with Crippen LogP contribution in [0.2, 0.25) is 0 Å². The molecule has 0 aliphatic carbocycles. The molecule has 1 aliphatic rings. The van der Waals surface area contributed by atoms with Gasteiger partial charge >= 0.3 is 7.12 Å². The van der Waals surface area contributed by atoms with E-state index in [2.05, 4.69) is 30.4 Å². The highest BCUT2D eigenvalue weighted by Gasteiger charge is 2.52. The minimum atomic E-state index is -0.545. The summed E-state index contributed by atoms with van der Waals surface area (Å²) < 4.78 is 14.5. The van der Waals surface area contributed by atoms with Crippen LogP contribution in [-0.2, 0) is 9.31 Å². The van der Waals surface area contributed by atoms with Gasteiger partial charge in [0, 0.05) is 22.5 Å². The van der Waals surface area contributed by atoms with E-state index >= 15 is 0 Å². The van der Waals surface area contributed by atoms with E-state index in [-0.39, 0.29) is 5.91 Å². The van der Waals surface area contributed by atoms with Crippen LogP contribution >= 0.6 is 0 Å². The molecule has 0 radical (unpaired) electrons. The molecule has 4 rings (SSSR count). The second-order valence-electron chi connectivity index (χ2n) is 10.6. The number of aromatic nitrogens is 1. The number of nitrogens with zero attached hydrogens (tertiary/aromatic N) is 1. The zero-order valence-corrected chi connectivity index (χ0v) is 20.1. The lowest BCUT2D eigenvalue weighted by Crippen LogP contribution is -2.41. The molecule has 1 aliphatic heterocycles. The van der Waals surface area contributed by atoms with E-state index in [1.807, 2.05) is 85.0 Å². The van der Waals surface area contributed by atoms with Crippen molar-refractivity contribution in [3.63, 3.8) is 0 Å². The van der Waals surface area contributed by atoms with Crippen LogP contribution in [0.4, 0.5) is 0 Å². The van der Waals surface area contributed by atoms with E-state index in [1.54, 1.807) is 4.57 Å². The smallest absolute Gasteiger partial charge is 0.399 e. The van der Waals surface area contributed by atoms with E-state index in [0.29, 0.717) is 0 Å². The first-order chi connectivity index (χ1) is 14.9. The van der Waals surface area contributed by atoms with Crippen molar-refractivity contribution in [1.29, 1.82) is 0 Å². The molecule has 1 fully saturated rings. The third kappa shape index (κ3) is 3.96. The average Bonchev–Trinajstić information content (AvgIpc) is 3.24. The Morgan fingerprint density at radius 2 is 1.53 bits per heavy atom. The second-order valence-corrected chi connectivity index (χ2v) is 10.6. The molecule has 1 aromatic heterocycles. The van der Waals surface area contributed by atoms with Crippen molar-refractivity contribution < 1.29 is 14.1 Å². The van der Waals surface area contributed by atoms with Gasteiger partial charge in [-0.1, -0.05) is 75.4 Å². The fourth-order valence-corrected chi connectivity index (χ4v) is 3.89. The van der Waals surface area contributed by atoms with Gasteiger partial charge in [-0.05, 0) is 44.9 Å². The Kier molecular flexibility index (Phi) is 5.47. The highest BCUT2D eigenvalue weighted by molar-refractivity contribution is 6.65.